The number of hydrogen-bond donors (Lipinski definition) is 1. The summed E-state index contributed by atoms with van der Waals surface area (Å²) in [4.78, 5) is 0. The van der Waals surface area contributed by atoms with Crippen LogP contribution in [0.3, 0.4) is 0 Å². The molecule has 2 unspecified atom stereocenters. The summed E-state index contributed by atoms with van der Waals surface area (Å²) in [5.74, 6) is 1.73. The van der Waals surface area contributed by atoms with Gasteiger partial charge in [0.2, 0.25) is 0 Å². The Morgan fingerprint density at radius 3 is 2.31 bits per heavy atom. The molecule has 13 heavy (non-hydrogen) atoms. The molecule has 2 aliphatic rings. The summed E-state index contributed by atoms with van der Waals surface area (Å²) in [6, 6.07) is 0. The largest absolute Gasteiger partial charge is 0.316 e. The summed E-state index contributed by atoms with van der Waals surface area (Å²) in [6.07, 6.45) is 8.25. The SMILES string of the molecule is ClC1CCCC1CNCC1CCC1. The molecule has 0 bridgehead atoms. The van der Waals surface area contributed by atoms with Crippen molar-refractivity contribution in [1.82, 2.24) is 5.32 Å². The van der Waals surface area contributed by atoms with Crippen molar-refractivity contribution in [2.45, 2.75) is 43.9 Å². The van der Waals surface area contributed by atoms with Crippen LogP contribution in [-0.2, 0) is 0 Å². The number of hydrogen-bond acceptors (Lipinski definition) is 1. The molecule has 0 aliphatic heterocycles. The maximum Gasteiger partial charge on any atom is 0.0376 e. The van der Waals surface area contributed by atoms with Gasteiger partial charge in [0, 0.05) is 5.38 Å². The molecule has 2 saturated carbocycles. The van der Waals surface area contributed by atoms with E-state index in [-0.39, 0.29) is 0 Å². The van der Waals surface area contributed by atoms with Gasteiger partial charge in [-0.15, -0.1) is 11.6 Å². The lowest BCUT2D eigenvalue weighted by Crippen LogP contribution is -2.32. The Kier molecular flexibility index (Phi) is 3.51. The highest BCUT2D eigenvalue weighted by molar-refractivity contribution is 6.20. The number of halogens is 1. The number of nitrogens with one attached hydrogen (secondary N) is 1. The van der Waals surface area contributed by atoms with Crippen molar-refractivity contribution in [3.63, 3.8) is 0 Å². The van der Waals surface area contributed by atoms with Crippen LogP contribution in [0, 0.1) is 11.8 Å². The van der Waals surface area contributed by atoms with Crippen LogP contribution in [0.5, 0.6) is 0 Å². The number of rotatable bonds is 4. The maximum absolute atomic E-state index is 6.20. The average molecular weight is 202 g/mol. The predicted octanol–water partition coefficient (Wildman–Crippen LogP) is 2.78. The zero-order valence-corrected chi connectivity index (χ0v) is 9.02. The van der Waals surface area contributed by atoms with E-state index in [2.05, 4.69) is 5.32 Å². The molecule has 2 aliphatic carbocycles. The fourth-order valence-electron chi connectivity index (χ4n) is 2.39. The lowest BCUT2D eigenvalue weighted by Gasteiger charge is -2.26. The Balaban J connectivity index is 1.56. The molecule has 0 aromatic carbocycles. The molecule has 2 heteroatoms. The fourth-order valence-corrected chi connectivity index (χ4v) is 2.76. The molecule has 0 aromatic rings. The van der Waals surface area contributed by atoms with E-state index in [1.165, 1.54) is 45.1 Å². The molecular weight excluding hydrogens is 182 g/mol. The molecular formula is C11H20ClN. The van der Waals surface area contributed by atoms with E-state index < -0.39 is 0 Å². The first-order chi connectivity index (χ1) is 6.36. The van der Waals surface area contributed by atoms with Crippen molar-refractivity contribution in [3.8, 4) is 0 Å². The molecule has 0 spiro atoms. The van der Waals surface area contributed by atoms with Gasteiger partial charge < -0.3 is 5.32 Å². The molecule has 2 rings (SSSR count). The van der Waals surface area contributed by atoms with Gasteiger partial charge in [-0.1, -0.05) is 12.8 Å². The quantitative estimate of drug-likeness (QED) is 0.690. The van der Waals surface area contributed by atoms with Crippen LogP contribution in [-0.4, -0.2) is 18.5 Å². The standard InChI is InChI=1S/C11H20ClN/c12-11-6-2-5-10(11)8-13-7-9-3-1-4-9/h9-11,13H,1-8H2. The summed E-state index contributed by atoms with van der Waals surface area (Å²) in [6.45, 7) is 2.39. The fraction of sp³-hybridized carbons (Fsp3) is 1.00. The van der Waals surface area contributed by atoms with E-state index in [1.807, 2.05) is 0 Å². The first kappa shape index (κ1) is 9.79. The Bertz CT molecular complexity index is 156. The summed E-state index contributed by atoms with van der Waals surface area (Å²) in [7, 11) is 0. The van der Waals surface area contributed by atoms with E-state index in [1.54, 1.807) is 0 Å². The van der Waals surface area contributed by atoms with Gasteiger partial charge in [0.15, 0.2) is 0 Å². The first-order valence-electron chi connectivity index (χ1n) is 5.71. The van der Waals surface area contributed by atoms with Crippen LogP contribution >= 0.6 is 11.6 Å². The van der Waals surface area contributed by atoms with Crippen LogP contribution in [0.1, 0.15) is 38.5 Å². The first-order valence-corrected chi connectivity index (χ1v) is 6.14. The highest BCUT2D eigenvalue weighted by Gasteiger charge is 2.25. The minimum Gasteiger partial charge on any atom is -0.316 e. The Morgan fingerprint density at radius 1 is 1.00 bits per heavy atom. The smallest absolute Gasteiger partial charge is 0.0376 e. The van der Waals surface area contributed by atoms with E-state index in [0.717, 1.165) is 18.4 Å². The topological polar surface area (TPSA) is 12.0 Å². The van der Waals surface area contributed by atoms with Gasteiger partial charge in [-0.05, 0) is 50.6 Å². The Hall–Kier alpha value is 0.250. The minimum atomic E-state index is 0.453. The van der Waals surface area contributed by atoms with Crippen molar-refractivity contribution < 1.29 is 0 Å². The third-order valence-electron chi connectivity index (χ3n) is 3.63. The molecule has 1 nitrogen and oxygen atoms in total. The summed E-state index contributed by atoms with van der Waals surface area (Å²) in [5, 5.41) is 4.03. The average Bonchev–Trinajstić information content (AvgIpc) is 2.42. The van der Waals surface area contributed by atoms with Gasteiger partial charge in [-0.3, -0.25) is 0 Å². The minimum absolute atomic E-state index is 0.453. The molecule has 0 radical (unpaired) electrons. The molecule has 2 atom stereocenters. The van der Waals surface area contributed by atoms with Crippen molar-refractivity contribution in [2.75, 3.05) is 13.1 Å². The molecule has 0 heterocycles. The molecule has 0 aromatic heterocycles. The highest BCUT2D eigenvalue weighted by atomic mass is 35.5. The van der Waals surface area contributed by atoms with E-state index in [9.17, 15) is 0 Å². The van der Waals surface area contributed by atoms with Crippen molar-refractivity contribution in [3.05, 3.63) is 0 Å². The van der Waals surface area contributed by atoms with Gasteiger partial charge in [-0.25, -0.2) is 0 Å². The van der Waals surface area contributed by atoms with Crippen LogP contribution in [0.15, 0.2) is 0 Å². The maximum atomic E-state index is 6.20. The molecule has 1 N–H and O–H groups in total. The molecule has 0 saturated heterocycles. The van der Waals surface area contributed by atoms with Gasteiger partial charge in [-0.2, -0.15) is 0 Å². The lowest BCUT2D eigenvalue weighted by molar-refractivity contribution is 0.295. The normalized spacial score (nSPS) is 34.8. The van der Waals surface area contributed by atoms with Gasteiger partial charge in [0.1, 0.15) is 0 Å². The zero-order valence-electron chi connectivity index (χ0n) is 8.27. The van der Waals surface area contributed by atoms with Crippen LogP contribution in [0.2, 0.25) is 0 Å². The third kappa shape index (κ3) is 2.60. The van der Waals surface area contributed by atoms with E-state index in [4.69, 9.17) is 11.6 Å². The van der Waals surface area contributed by atoms with Gasteiger partial charge in [0.05, 0.1) is 0 Å². The molecule has 2 fully saturated rings. The number of alkyl halides is 1. The van der Waals surface area contributed by atoms with Crippen molar-refractivity contribution in [2.24, 2.45) is 11.8 Å². The second kappa shape index (κ2) is 4.65. The van der Waals surface area contributed by atoms with E-state index >= 15 is 0 Å². The van der Waals surface area contributed by atoms with Crippen LogP contribution < -0.4 is 5.32 Å². The van der Waals surface area contributed by atoms with Gasteiger partial charge >= 0.3 is 0 Å². The monoisotopic (exact) mass is 201 g/mol. The van der Waals surface area contributed by atoms with Crippen molar-refractivity contribution in [1.29, 1.82) is 0 Å². The lowest BCUT2D eigenvalue weighted by atomic mass is 9.85. The highest BCUT2D eigenvalue weighted by Crippen LogP contribution is 2.30. The molecule has 0 amide bonds. The van der Waals surface area contributed by atoms with Crippen LogP contribution in [0.25, 0.3) is 0 Å². The zero-order chi connectivity index (χ0) is 9.10. The van der Waals surface area contributed by atoms with Gasteiger partial charge in [0.25, 0.3) is 0 Å². The summed E-state index contributed by atoms with van der Waals surface area (Å²) >= 11 is 6.20. The van der Waals surface area contributed by atoms with Crippen molar-refractivity contribution >= 4 is 11.6 Å². The van der Waals surface area contributed by atoms with E-state index in [0.29, 0.717) is 5.38 Å². The Labute approximate surface area is 86.2 Å². The van der Waals surface area contributed by atoms with Crippen LogP contribution in [0.4, 0.5) is 0 Å². The second-order valence-corrected chi connectivity index (χ2v) is 5.22. The third-order valence-corrected chi connectivity index (χ3v) is 4.21. The second-order valence-electron chi connectivity index (χ2n) is 4.66. The predicted molar refractivity (Wildman–Crippen MR) is 57.2 cm³/mol. The molecule has 76 valence electrons. The summed E-state index contributed by atoms with van der Waals surface area (Å²) < 4.78 is 0. The Morgan fingerprint density at radius 2 is 1.77 bits per heavy atom. The summed E-state index contributed by atoms with van der Waals surface area (Å²) in [5.41, 5.74) is 0.